The summed E-state index contributed by atoms with van der Waals surface area (Å²) in [5, 5.41) is 12.8. The van der Waals surface area contributed by atoms with Crippen LogP contribution in [0, 0.1) is 0 Å². The molecule has 1 N–H and O–H groups in total. The molecule has 1 heterocycles. The Hall–Kier alpha value is -0.190. The van der Waals surface area contributed by atoms with Crippen LogP contribution < -0.4 is 0 Å². The van der Waals surface area contributed by atoms with Gasteiger partial charge in [-0.2, -0.15) is 0 Å². The van der Waals surface area contributed by atoms with E-state index in [1.165, 1.54) is 4.70 Å². The maximum atomic E-state index is 9.66. The first kappa shape index (κ1) is 9.37. The number of thioether (sulfide) groups is 1. The van der Waals surface area contributed by atoms with Crippen molar-refractivity contribution in [2.24, 2.45) is 0 Å². The van der Waals surface area contributed by atoms with Crippen LogP contribution in [-0.2, 0) is 0 Å². The molecule has 0 bridgehead atoms. The number of aromatic hydroxyl groups is 1. The molecule has 1 nitrogen and oxygen atoms in total. The van der Waals surface area contributed by atoms with Crippen LogP contribution in [0.15, 0.2) is 26.9 Å². The number of phenols is 1. The van der Waals surface area contributed by atoms with E-state index < -0.39 is 0 Å². The van der Waals surface area contributed by atoms with Gasteiger partial charge < -0.3 is 5.11 Å². The van der Waals surface area contributed by atoms with Crippen molar-refractivity contribution in [1.29, 1.82) is 0 Å². The van der Waals surface area contributed by atoms with Crippen LogP contribution in [0.4, 0.5) is 0 Å². The number of hydrogen-bond donors (Lipinski definition) is 1. The second-order valence-electron chi connectivity index (χ2n) is 2.58. The van der Waals surface area contributed by atoms with Gasteiger partial charge in [-0.3, -0.25) is 0 Å². The maximum Gasteiger partial charge on any atom is 0.130 e. The van der Waals surface area contributed by atoms with Gasteiger partial charge in [0.25, 0.3) is 0 Å². The highest BCUT2D eigenvalue weighted by Crippen LogP contribution is 2.41. The SMILES string of the molecule is CSc1c(O)cc2ccsc2c1Br. The Kier molecular flexibility index (Phi) is 2.53. The minimum Gasteiger partial charge on any atom is -0.507 e. The lowest BCUT2D eigenvalue weighted by atomic mass is 10.2. The third kappa shape index (κ3) is 1.47. The Labute approximate surface area is 92.9 Å². The average Bonchev–Trinajstić information content (AvgIpc) is 2.53. The van der Waals surface area contributed by atoms with Crippen molar-refractivity contribution in [2.45, 2.75) is 4.90 Å². The summed E-state index contributed by atoms with van der Waals surface area (Å²) in [5.74, 6) is 0.352. The zero-order chi connectivity index (χ0) is 9.42. The van der Waals surface area contributed by atoms with E-state index in [1.807, 2.05) is 23.8 Å². The molecule has 0 saturated heterocycles. The minimum atomic E-state index is 0.352. The molecule has 0 radical (unpaired) electrons. The number of phenolic OH excluding ortho intramolecular Hbond substituents is 1. The van der Waals surface area contributed by atoms with Crippen LogP contribution in [0.3, 0.4) is 0 Å². The Bertz CT molecular complexity index is 450. The van der Waals surface area contributed by atoms with Crippen LogP contribution >= 0.6 is 39.0 Å². The first-order valence-corrected chi connectivity index (χ1v) is 6.56. The van der Waals surface area contributed by atoms with Crippen molar-refractivity contribution in [3.05, 3.63) is 22.0 Å². The lowest BCUT2D eigenvalue weighted by molar-refractivity contribution is 0.463. The number of hydrogen-bond acceptors (Lipinski definition) is 3. The molecular formula is C9H7BrOS2. The third-order valence-electron chi connectivity index (χ3n) is 1.82. The van der Waals surface area contributed by atoms with E-state index in [0.717, 1.165) is 14.8 Å². The van der Waals surface area contributed by atoms with Gasteiger partial charge in [-0.05, 0) is 45.1 Å². The van der Waals surface area contributed by atoms with Crippen molar-refractivity contribution in [3.63, 3.8) is 0 Å². The molecule has 1 aromatic heterocycles. The second-order valence-corrected chi connectivity index (χ2v) is 5.11. The van der Waals surface area contributed by atoms with Crippen molar-refractivity contribution < 1.29 is 5.11 Å². The Morgan fingerprint density at radius 2 is 2.31 bits per heavy atom. The summed E-state index contributed by atoms with van der Waals surface area (Å²) >= 11 is 6.73. The summed E-state index contributed by atoms with van der Waals surface area (Å²) in [6.45, 7) is 0. The highest BCUT2D eigenvalue weighted by molar-refractivity contribution is 9.10. The summed E-state index contributed by atoms with van der Waals surface area (Å²) in [6.07, 6.45) is 1.96. The van der Waals surface area contributed by atoms with Gasteiger partial charge >= 0.3 is 0 Å². The normalized spacial score (nSPS) is 10.9. The molecule has 0 atom stereocenters. The van der Waals surface area contributed by atoms with Gasteiger partial charge in [0.05, 0.1) is 9.37 Å². The van der Waals surface area contributed by atoms with Gasteiger partial charge in [-0.1, -0.05) is 0 Å². The predicted molar refractivity (Wildman–Crippen MR) is 63.0 cm³/mol. The molecule has 0 spiro atoms. The Balaban J connectivity index is 2.85. The fourth-order valence-electron chi connectivity index (χ4n) is 1.23. The molecule has 0 fully saturated rings. The van der Waals surface area contributed by atoms with Gasteiger partial charge in [0.2, 0.25) is 0 Å². The van der Waals surface area contributed by atoms with Gasteiger partial charge in [0, 0.05) is 4.70 Å². The van der Waals surface area contributed by atoms with Crippen molar-refractivity contribution in [1.82, 2.24) is 0 Å². The number of halogens is 1. The van der Waals surface area contributed by atoms with Crippen molar-refractivity contribution >= 4 is 49.1 Å². The molecule has 68 valence electrons. The maximum absolute atomic E-state index is 9.66. The lowest BCUT2D eigenvalue weighted by Gasteiger charge is -2.04. The summed E-state index contributed by atoms with van der Waals surface area (Å²) in [7, 11) is 0. The van der Waals surface area contributed by atoms with Crippen molar-refractivity contribution in [2.75, 3.05) is 6.26 Å². The van der Waals surface area contributed by atoms with Crippen LogP contribution in [0.1, 0.15) is 0 Å². The monoisotopic (exact) mass is 274 g/mol. The van der Waals surface area contributed by atoms with E-state index in [2.05, 4.69) is 15.9 Å². The summed E-state index contributed by atoms with van der Waals surface area (Å²) in [5.41, 5.74) is 0. The second kappa shape index (κ2) is 3.52. The molecule has 2 rings (SSSR count). The van der Waals surface area contributed by atoms with Gasteiger partial charge in [0.1, 0.15) is 5.75 Å². The Morgan fingerprint density at radius 3 is 3.00 bits per heavy atom. The highest BCUT2D eigenvalue weighted by atomic mass is 79.9. The molecule has 0 amide bonds. The molecule has 0 saturated carbocycles. The summed E-state index contributed by atoms with van der Waals surface area (Å²) in [6, 6.07) is 3.82. The molecule has 0 aliphatic rings. The molecule has 0 aliphatic carbocycles. The third-order valence-corrected chi connectivity index (χ3v) is 4.91. The number of benzene rings is 1. The van der Waals surface area contributed by atoms with E-state index in [-0.39, 0.29) is 0 Å². The zero-order valence-electron chi connectivity index (χ0n) is 6.87. The molecule has 13 heavy (non-hydrogen) atoms. The van der Waals surface area contributed by atoms with Crippen molar-refractivity contribution in [3.8, 4) is 5.75 Å². The average molecular weight is 275 g/mol. The van der Waals surface area contributed by atoms with Gasteiger partial charge in [0.15, 0.2) is 0 Å². The van der Waals surface area contributed by atoms with E-state index in [9.17, 15) is 5.11 Å². The molecule has 0 aliphatic heterocycles. The predicted octanol–water partition coefficient (Wildman–Crippen LogP) is 4.09. The van der Waals surface area contributed by atoms with E-state index in [4.69, 9.17) is 0 Å². The highest BCUT2D eigenvalue weighted by Gasteiger charge is 2.10. The smallest absolute Gasteiger partial charge is 0.130 e. The first-order valence-electron chi connectivity index (χ1n) is 3.66. The molecule has 4 heteroatoms. The quantitative estimate of drug-likeness (QED) is 0.791. The van der Waals surface area contributed by atoms with Gasteiger partial charge in [-0.25, -0.2) is 0 Å². The number of rotatable bonds is 1. The fourth-order valence-corrected chi connectivity index (χ4v) is 3.87. The largest absolute Gasteiger partial charge is 0.507 e. The lowest BCUT2D eigenvalue weighted by Crippen LogP contribution is -1.76. The molecule has 1 aromatic carbocycles. The standard InChI is InChI=1S/C9H7BrOS2/c1-12-9-6(11)4-5-2-3-13-8(5)7(9)10/h2-4,11H,1H3. The van der Waals surface area contributed by atoms with Crippen LogP contribution in [0.5, 0.6) is 5.75 Å². The molecule has 2 aromatic rings. The summed E-state index contributed by atoms with van der Waals surface area (Å²) < 4.78 is 2.20. The van der Waals surface area contributed by atoms with Crippen LogP contribution in [0.2, 0.25) is 0 Å². The molecule has 0 unspecified atom stereocenters. The topological polar surface area (TPSA) is 20.2 Å². The minimum absolute atomic E-state index is 0.352. The van der Waals surface area contributed by atoms with E-state index in [1.54, 1.807) is 23.1 Å². The van der Waals surface area contributed by atoms with Crippen LogP contribution in [-0.4, -0.2) is 11.4 Å². The van der Waals surface area contributed by atoms with E-state index in [0.29, 0.717) is 5.75 Å². The summed E-state index contributed by atoms with van der Waals surface area (Å²) in [4.78, 5) is 0.912. The zero-order valence-corrected chi connectivity index (χ0v) is 10.1. The van der Waals surface area contributed by atoms with Gasteiger partial charge in [-0.15, -0.1) is 23.1 Å². The fraction of sp³-hybridized carbons (Fsp3) is 0.111. The first-order chi connectivity index (χ1) is 6.24. The van der Waals surface area contributed by atoms with E-state index >= 15 is 0 Å². The Morgan fingerprint density at radius 1 is 1.54 bits per heavy atom. The molecular weight excluding hydrogens is 268 g/mol. The number of fused-ring (bicyclic) bond motifs is 1. The van der Waals surface area contributed by atoms with Crippen LogP contribution in [0.25, 0.3) is 10.1 Å². The number of thiophene rings is 1.